The second-order valence-corrected chi connectivity index (χ2v) is 10.0. The summed E-state index contributed by atoms with van der Waals surface area (Å²) < 4.78 is 19.2. The number of urea groups is 1. The first-order valence-corrected chi connectivity index (χ1v) is 13.2. The Morgan fingerprint density at radius 3 is 2.15 bits per heavy atom. The fourth-order valence-electron chi connectivity index (χ4n) is 5.69. The highest BCUT2D eigenvalue weighted by molar-refractivity contribution is 6.02. The molecule has 1 aliphatic heterocycles. The molecule has 8 heteroatoms. The Balaban J connectivity index is 1.69. The number of carbonyl (C=O) groups excluding carboxylic acids is 2. The van der Waals surface area contributed by atoms with Crippen molar-refractivity contribution >= 4 is 23.5 Å². The van der Waals surface area contributed by atoms with E-state index < -0.39 is 41.7 Å². The number of halogens is 1. The van der Waals surface area contributed by atoms with E-state index in [1.54, 1.807) is 66.7 Å². The van der Waals surface area contributed by atoms with Gasteiger partial charge in [0.05, 0.1) is 19.1 Å². The van der Waals surface area contributed by atoms with Crippen LogP contribution >= 0.6 is 0 Å². The van der Waals surface area contributed by atoms with E-state index in [9.17, 15) is 23.9 Å². The lowest BCUT2D eigenvalue weighted by Gasteiger charge is -2.30. The Kier molecular flexibility index (Phi) is 7.83. The van der Waals surface area contributed by atoms with Crippen LogP contribution in [0, 0.1) is 18.7 Å². The minimum absolute atomic E-state index is 0.303. The zero-order chi connectivity index (χ0) is 29.1. The van der Waals surface area contributed by atoms with E-state index in [-0.39, 0.29) is 5.78 Å². The number of anilines is 1. The molecule has 0 saturated carbocycles. The minimum atomic E-state index is -1.43. The van der Waals surface area contributed by atoms with Crippen molar-refractivity contribution in [1.82, 2.24) is 4.90 Å². The number of benzene rings is 4. The molecule has 1 aliphatic rings. The third-order valence-corrected chi connectivity index (χ3v) is 7.50. The molecule has 0 bridgehead atoms. The quantitative estimate of drug-likeness (QED) is 0.256. The van der Waals surface area contributed by atoms with Gasteiger partial charge in [0.15, 0.2) is 5.78 Å². The number of ketones is 1. The molecule has 208 valence electrons. The van der Waals surface area contributed by atoms with Crippen molar-refractivity contribution in [1.29, 1.82) is 0 Å². The number of nitrogens with one attached hydrogen (secondary N) is 1. The first kappa shape index (κ1) is 27.6. The molecule has 5 rings (SSSR count). The number of nitrogens with zero attached hydrogens (tertiary/aromatic N) is 1. The van der Waals surface area contributed by atoms with E-state index in [4.69, 9.17) is 4.74 Å². The molecule has 0 radical (unpaired) electrons. The van der Waals surface area contributed by atoms with Crippen LogP contribution < -0.4 is 10.1 Å². The van der Waals surface area contributed by atoms with Crippen molar-refractivity contribution < 1.29 is 28.6 Å². The largest absolute Gasteiger partial charge is 0.497 e. The average Bonchev–Trinajstić information content (AvgIpc) is 3.35. The number of Topliss-reactive ketones (excluding diaryl/α,β-unsaturated/α-hetero) is 1. The highest BCUT2D eigenvalue weighted by Gasteiger charge is 2.57. The van der Waals surface area contributed by atoms with Gasteiger partial charge >= 0.3 is 12.0 Å². The van der Waals surface area contributed by atoms with Gasteiger partial charge in [-0.05, 0) is 60.5 Å². The zero-order valence-corrected chi connectivity index (χ0v) is 22.5. The highest BCUT2D eigenvalue weighted by Crippen LogP contribution is 2.51. The predicted octanol–water partition coefficient (Wildman–Crippen LogP) is 6.47. The molecule has 7 nitrogen and oxygen atoms in total. The SMILES string of the molecule is COc1ccc(NC(=O)N2C(C(=O)O)C(c3ccc(F)cc3)C(C(=O)c3cccc(C)c3)C2c2ccccc2)cc1. The number of ether oxygens (including phenoxy) is 1. The molecule has 0 aliphatic carbocycles. The number of carbonyl (C=O) groups is 3. The normalized spacial score (nSPS) is 19.9. The van der Waals surface area contributed by atoms with Crippen LogP contribution in [0.5, 0.6) is 5.75 Å². The molecular formula is C33H29FN2O5. The van der Waals surface area contributed by atoms with Gasteiger partial charge in [-0.3, -0.25) is 4.79 Å². The van der Waals surface area contributed by atoms with Crippen LogP contribution in [0.3, 0.4) is 0 Å². The Hall–Kier alpha value is -4.98. The maximum Gasteiger partial charge on any atom is 0.327 e. The van der Waals surface area contributed by atoms with Crippen LogP contribution in [-0.4, -0.2) is 40.9 Å². The third kappa shape index (κ3) is 5.54. The molecule has 0 aromatic heterocycles. The summed E-state index contributed by atoms with van der Waals surface area (Å²) in [7, 11) is 1.53. The number of hydrogen-bond donors (Lipinski definition) is 2. The summed E-state index contributed by atoms with van der Waals surface area (Å²) in [6, 6.07) is 25.1. The number of likely N-dealkylation sites (tertiary alicyclic amines) is 1. The van der Waals surface area contributed by atoms with Gasteiger partial charge in [0.2, 0.25) is 0 Å². The fourth-order valence-corrected chi connectivity index (χ4v) is 5.69. The molecule has 2 amide bonds. The van der Waals surface area contributed by atoms with Gasteiger partial charge in [0.25, 0.3) is 0 Å². The number of hydrogen-bond acceptors (Lipinski definition) is 4. The first-order chi connectivity index (χ1) is 19.8. The fraction of sp³-hybridized carbons (Fsp3) is 0.182. The van der Waals surface area contributed by atoms with Crippen LogP contribution in [0.25, 0.3) is 0 Å². The van der Waals surface area contributed by atoms with Gasteiger partial charge in [-0.1, -0.05) is 66.2 Å². The van der Waals surface area contributed by atoms with Crippen molar-refractivity contribution in [2.24, 2.45) is 5.92 Å². The van der Waals surface area contributed by atoms with Gasteiger partial charge in [-0.25, -0.2) is 14.0 Å². The summed E-state index contributed by atoms with van der Waals surface area (Å²) in [5, 5.41) is 13.4. The monoisotopic (exact) mass is 552 g/mol. The summed E-state index contributed by atoms with van der Waals surface area (Å²) >= 11 is 0. The van der Waals surface area contributed by atoms with Gasteiger partial charge in [0, 0.05) is 17.2 Å². The second kappa shape index (κ2) is 11.6. The van der Waals surface area contributed by atoms with Crippen LogP contribution in [-0.2, 0) is 4.79 Å². The van der Waals surface area contributed by atoms with E-state index >= 15 is 0 Å². The Bertz CT molecular complexity index is 1560. The second-order valence-electron chi connectivity index (χ2n) is 10.0. The molecule has 4 aromatic carbocycles. The van der Waals surface area contributed by atoms with Crippen LogP contribution in [0.1, 0.15) is 39.0 Å². The molecule has 1 fully saturated rings. The van der Waals surface area contributed by atoms with Crippen molar-refractivity contribution in [3.05, 3.63) is 131 Å². The minimum Gasteiger partial charge on any atom is -0.497 e. The maximum absolute atomic E-state index is 14.4. The zero-order valence-electron chi connectivity index (χ0n) is 22.5. The van der Waals surface area contributed by atoms with Crippen LogP contribution in [0.4, 0.5) is 14.9 Å². The predicted molar refractivity (Wildman–Crippen MR) is 153 cm³/mol. The van der Waals surface area contributed by atoms with Crippen molar-refractivity contribution in [3.8, 4) is 5.75 Å². The Labute approximate surface area is 237 Å². The van der Waals surface area contributed by atoms with Crippen molar-refractivity contribution in [2.75, 3.05) is 12.4 Å². The summed E-state index contributed by atoms with van der Waals surface area (Å²) in [6.07, 6.45) is 0. The lowest BCUT2D eigenvalue weighted by Crippen LogP contribution is -2.45. The number of carboxylic acid groups (broad SMARTS) is 1. The molecule has 4 atom stereocenters. The van der Waals surface area contributed by atoms with Gasteiger partial charge in [-0.15, -0.1) is 0 Å². The van der Waals surface area contributed by atoms with E-state index in [2.05, 4.69) is 5.32 Å². The molecule has 1 saturated heterocycles. The summed E-state index contributed by atoms with van der Waals surface area (Å²) in [6.45, 7) is 1.87. The molecule has 41 heavy (non-hydrogen) atoms. The number of aliphatic carboxylic acids is 1. The van der Waals surface area contributed by atoms with E-state index in [1.165, 1.54) is 36.3 Å². The van der Waals surface area contributed by atoms with Crippen LogP contribution in [0.2, 0.25) is 0 Å². The first-order valence-electron chi connectivity index (χ1n) is 13.2. The maximum atomic E-state index is 14.4. The van der Waals surface area contributed by atoms with E-state index in [0.29, 0.717) is 28.1 Å². The topological polar surface area (TPSA) is 95.9 Å². The number of amides is 2. The smallest absolute Gasteiger partial charge is 0.327 e. The molecule has 4 unspecified atom stereocenters. The number of aryl methyl sites for hydroxylation is 1. The highest BCUT2D eigenvalue weighted by atomic mass is 19.1. The summed E-state index contributed by atoms with van der Waals surface area (Å²) in [4.78, 5) is 42.6. The average molecular weight is 553 g/mol. The molecular weight excluding hydrogens is 523 g/mol. The lowest BCUT2D eigenvalue weighted by molar-refractivity contribution is -0.142. The van der Waals surface area contributed by atoms with Crippen molar-refractivity contribution in [2.45, 2.75) is 24.9 Å². The molecule has 2 N–H and O–H groups in total. The van der Waals surface area contributed by atoms with Gasteiger partial charge in [-0.2, -0.15) is 0 Å². The van der Waals surface area contributed by atoms with Crippen LogP contribution in [0.15, 0.2) is 103 Å². The van der Waals surface area contributed by atoms with E-state index in [1.807, 2.05) is 19.1 Å². The van der Waals surface area contributed by atoms with E-state index in [0.717, 1.165) is 5.56 Å². The number of rotatable bonds is 7. The van der Waals surface area contributed by atoms with Gasteiger partial charge < -0.3 is 20.1 Å². The summed E-state index contributed by atoms with van der Waals surface area (Å²) in [5.74, 6) is -3.42. The Morgan fingerprint density at radius 1 is 0.854 bits per heavy atom. The molecule has 0 spiro atoms. The number of methoxy groups -OCH3 is 1. The Morgan fingerprint density at radius 2 is 1.54 bits per heavy atom. The molecule has 1 heterocycles. The third-order valence-electron chi connectivity index (χ3n) is 7.50. The lowest BCUT2D eigenvalue weighted by atomic mass is 9.76. The van der Waals surface area contributed by atoms with Crippen molar-refractivity contribution in [3.63, 3.8) is 0 Å². The molecule has 4 aromatic rings. The van der Waals surface area contributed by atoms with Gasteiger partial charge in [0.1, 0.15) is 17.6 Å². The number of carboxylic acids is 1. The standard InChI is InChI=1S/C33H29FN2O5/c1-20-7-6-10-23(19-20)31(37)28-27(21-11-13-24(34)14-12-21)30(32(38)39)36(29(28)22-8-4-3-5-9-22)33(40)35-25-15-17-26(41-2)18-16-25/h3-19,27-30H,1-2H3,(H,35,40)(H,38,39). The summed E-state index contributed by atoms with van der Waals surface area (Å²) in [5.41, 5.74) is 2.76.